The summed E-state index contributed by atoms with van der Waals surface area (Å²) in [6.07, 6.45) is 1.57. The van der Waals surface area contributed by atoms with Crippen molar-refractivity contribution in [2.24, 2.45) is 0 Å². The average molecular weight is 971 g/mol. The van der Waals surface area contributed by atoms with Gasteiger partial charge in [-0.2, -0.15) is 15.8 Å². The van der Waals surface area contributed by atoms with Crippen molar-refractivity contribution in [3.05, 3.63) is 93.3 Å². The zero-order valence-corrected chi connectivity index (χ0v) is 42.1. The van der Waals surface area contributed by atoms with Gasteiger partial charge in [-0.25, -0.2) is 9.97 Å². The van der Waals surface area contributed by atoms with Crippen molar-refractivity contribution in [3.63, 3.8) is 0 Å². The summed E-state index contributed by atoms with van der Waals surface area (Å²) in [7, 11) is 3.21. The fraction of sp³-hybridized carbons (Fsp3) is 0.457. The van der Waals surface area contributed by atoms with Gasteiger partial charge in [0, 0.05) is 16.2 Å². The van der Waals surface area contributed by atoms with Crippen LogP contribution in [0.25, 0.3) is 11.3 Å². The predicted molar refractivity (Wildman–Crippen MR) is 255 cm³/mol. The highest BCUT2D eigenvalue weighted by atomic mass is 79.9. The molecule has 4 heterocycles. The van der Waals surface area contributed by atoms with Gasteiger partial charge in [-0.15, -0.1) is 0 Å². The number of rotatable bonds is 6. The third-order valence-corrected chi connectivity index (χ3v) is 12.8. The Kier molecular flexibility index (Phi) is 17.0. The van der Waals surface area contributed by atoms with Crippen molar-refractivity contribution >= 4 is 54.1 Å². The average Bonchev–Trinajstić information content (AvgIpc) is 3.72. The van der Waals surface area contributed by atoms with Crippen LogP contribution in [0.1, 0.15) is 99.8 Å². The lowest BCUT2D eigenvalue weighted by molar-refractivity contribution is 0.00578. The Morgan fingerprint density at radius 2 is 0.923 bits per heavy atom. The quantitative estimate of drug-likeness (QED) is 0.132. The van der Waals surface area contributed by atoms with Crippen LogP contribution < -0.4 is 19.7 Å². The molecule has 3 aliphatic heterocycles. The van der Waals surface area contributed by atoms with Crippen molar-refractivity contribution in [2.75, 3.05) is 21.3 Å². The summed E-state index contributed by atoms with van der Waals surface area (Å²) < 4.78 is 51.8. The highest BCUT2D eigenvalue weighted by molar-refractivity contribution is 9.10. The Morgan fingerprint density at radius 1 is 0.538 bits per heavy atom. The van der Waals surface area contributed by atoms with Crippen LogP contribution in [0.15, 0.2) is 71.3 Å². The zero-order chi connectivity index (χ0) is 48.8. The normalized spacial score (nSPS) is 18.8. The Bertz CT molecular complexity index is 2370. The molecular formula is C46H56B3BrClN5O9. The molecule has 0 atom stereocenters. The second-order valence-corrected chi connectivity index (χ2v) is 19.4. The maximum atomic E-state index is 9.11. The minimum Gasteiger partial charge on any atom is -0.495 e. The predicted octanol–water partition coefficient (Wildman–Crippen LogP) is 9.12. The molecular weight excluding hydrogens is 914 g/mol. The summed E-state index contributed by atoms with van der Waals surface area (Å²) in [6.45, 7) is 24.2. The molecule has 1 aromatic heterocycles. The highest BCUT2D eigenvalue weighted by Gasteiger charge is 2.63. The van der Waals surface area contributed by atoms with Gasteiger partial charge in [0.05, 0.1) is 77.3 Å². The number of hydrogen-bond acceptors (Lipinski definition) is 14. The molecule has 19 heteroatoms. The van der Waals surface area contributed by atoms with Gasteiger partial charge in [-0.3, -0.25) is 0 Å². The van der Waals surface area contributed by atoms with Crippen molar-refractivity contribution in [1.29, 1.82) is 15.8 Å². The number of nitrogens with zero attached hydrogens (tertiary/aromatic N) is 5. The van der Waals surface area contributed by atoms with E-state index >= 15 is 0 Å². The van der Waals surface area contributed by atoms with Gasteiger partial charge >= 0.3 is 21.1 Å². The number of hydrogen-bond donors (Lipinski definition) is 0. The first-order chi connectivity index (χ1) is 30.2. The van der Waals surface area contributed by atoms with Gasteiger partial charge in [-0.1, -0.05) is 22.0 Å². The van der Waals surface area contributed by atoms with Gasteiger partial charge in [0.1, 0.15) is 35.5 Å². The van der Waals surface area contributed by atoms with Crippen LogP contribution in [0.2, 0.25) is 5.28 Å². The lowest BCUT2D eigenvalue weighted by Gasteiger charge is -2.32. The van der Waals surface area contributed by atoms with Gasteiger partial charge in [0.15, 0.2) is 0 Å². The summed E-state index contributed by atoms with van der Waals surface area (Å²) in [6, 6.07) is 23.9. The van der Waals surface area contributed by atoms with E-state index in [9.17, 15) is 0 Å². The highest BCUT2D eigenvalue weighted by Crippen LogP contribution is 2.43. The molecule has 3 aromatic carbocycles. The number of halogens is 2. The van der Waals surface area contributed by atoms with Crippen LogP contribution >= 0.6 is 27.5 Å². The number of ether oxygens (including phenoxy) is 3. The number of aromatic nitrogens is 2. The SMILES string of the molecule is CC1(C)OB(B2OC(C)(C)C(C)(C)O2)OC1(C)C.COc1ccc(-c2ccnc(Cl)n2)cc1C#N.COc1ccc(B2OC(C)(C)C(C)(C)O2)cc1C#N.COc1ccc(Br)cc1C#N. The molecule has 0 N–H and O–H groups in total. The third kappa shape index (κ3) is 12.4. The van der Waals surface area contributed by atoms with Crippen molar-refractivity contribution in [3.8, 4) is 46.7 Å². The van der Waals surface area contributed by atoms with E-state index in [4.69, 9.17) is 69.5 Å². The monoisotopic (exact) mass is 969 g/mol. The van der Waals surface area contributed by atoms with Crippen molar-refractivity contribution in [2.45, 2.75) is 117 Å². The molecule has 3 fully saturated rings. The molecule has 3 aliphatic rings. The molecule has 3 saturated heterocycles. The Morgan fingerprint density at radius 3 is 1.34 bits per heavy atom. The van der Waals surface area contributed by atoms with E-state index in [1.54, 1.807) is 62.9 Å². The minimum atomic E-state index is -0.476. The lowest BCUT2D eigenvalue weighted by Crippen LogP contribution is -2.41. The molecule has 0 aliphatic carbocycles. The zero-order valence-electron chi connectivity index (χ0n) is 39.7. The van der Waals surface area contributed by atoms with Crippen LogP contribution in [-0.2, 0) is 27.9 Å². The lowest BCUT2D eigenvalue weighted by atomic mass is 9.49. The van der Waals surface area contributed by atoms with E-state index in [0.717, 1.165) is 15.5 Å². The van der Waals surface area contributed by atoms with E-state index in [1.807, 2.05) is 107 Å². The summed E-state index contributed by atoms with van der Waals surface area (Å²) in [4.78, 5) is 7.88. The number of benzene rings is 3. The molecule has 0 radical (unpaired) electrons. The molecule has 0 unspecified atom stereocenters. The van der Waals surface area contributed by atoms with Crippen LogP contribution in [0, 0.1) is 34.0 Å². The largest absolute Gasteiger partial charge is 0.495 e. The summed E-state index contributed by atoms with van der Waals surface area (Å²) in [5.41, 5.74) is 1.57. The Labute approximate surface area is 398 Å². The van der Waals surface area contributed by atoms with Crippen LogP contribution in [0.4, 0.5) is 0 Å². The first-order valence-electron chi connectivity index (χ1n) is 20.7. The fourth-order valence-corrected chi connectivity index (χ4v) is 6.66. The van der Waals surface area contributed by atoms with Gasteiger partial charge < -0.3 is 42.1 Å². The van der Waals surface area contributed by atoms with Crippen LogP contribution in [0.3, 0.4) is 0 Å². The van der Waals surface area contributed by atoms with Gasteiger partial charge in [-0.05, 0) is 155 Å². The second kappa shape index (κ2) is 20.9. The molecule has 14 nitrogen and oxygen atoms in total. The maximum absolute atomic E-state index is 9.11. The summed E-state index contributed by atoms with van der Waals surface area (Å²) in [5.74, 6) is 1.70. The van der Waals surface area contributed by atoms with E-state index in [1.165, 1.54) is 7.11 Å². The topological polar surface area (TPSA) is 180 Å². The molecule has 0 spiro atoms. The molecule has 0 saturated carbocycles. The molecule has 342 valence electrons. The van der Waals surface area contributed by atoms with Crippen LogP contribution in [-0.4, -0.2) is 86.0 Å². The third-order valence-electron chi connectivity index (χ3n) is 12.2. The van der Waals surface area contributed by atoms with Gasteiger partial charge in [0.2, 0.25) is 5.28 Å². The second-order valence-electron chi connectivity index (χ2n) is 18.1. The molecule has 0 bridgehead atoms. The van der Waals surface area contributed by atoms with Gasteiger partial charge in [0.25, 0.3) is 0 Å². The van der Waals surface area contributed by atoms with E-state index < -0.39 is 21.1 Å². The molecule has 4 aromatic rings. The number of methoxy groups -OCH3 is 3. The van der Waals surface area contributed by atoms with Crippen molar-refractivity contribution in [1.82, 2.24) is 9.97 Å². The summed E-state index contributed by atoms with van der Waals surface area (Å²) >= 11 is 8.97. The fourth-order valence-electron chi connectivity index (χ4n) is 6.16. The minimum absolute atomic E-state index is 0.178. The van der Waals surface area contributed by atoms with Crippen LogP contribution in [0.5, 0.6) is 17.2 Å². The Balaban J connectivity index is 0.000000193. The van der Waals surface area contributed by atoms with E-state index in [2.05, 4.69) is 38.0 Å². The van der Waals surface area contributed by atoms with E-state index in [-0.39, 0.29) is 38.9 Å². The van der Waals surface area contributed by atoms with Crippen molar-refractivity contribution < 1.29 is 42.1 Å². The molecule has 7 rings (SSSR count). The molecule has 0 amide bonds. The Hall–Kier alpha value is -4.67. The molecule has 65 heavy (non-hydrogen) atoms. The first kappa shape index (κ1) is 53.0. The summed E-state index contributed by atoms with van der Waals surface area (Å²) in [5, 5.41) is 26.9. The smallest absolute Gasteiger partial charge is 0.494 e. The number of nitriles is 3. The van der Waals surface area contributed by atoms with E-state index in [0.29, 0.717) is 39.6 Å². The standard InChI is InChI=1S/C14H18BNO3.C12H24B2O4.C12H8ClN3O.C8H6BrNO/c1-13(2)14(3,4)19-15(18-13)11-6-7-12(17-5)10(8-11)9-16;1-9(2)10(3,4)16-13(15-9)14-17-11(5,6)12(7,8)18-14;1-17-11-3-2-8(6-9(11)7-14)10-4-5-15-12(13)16-10;1-11-8-3-2-7(9)4-6(8)5-10/h6-8H,1-5H3;1-8H3;2-6H,1H3;2-4H,1H3. The maximum Gasteiger partial charge on any atom is 0.494 e. The first-order valence-corrected chi connectivity index (χ1v) is 21.8.